The van der Waals surface area contributed by atoms with Gasteiger partial charge in [0.25, 0.3) is 5.91 Å². The molecule has 0 unspecified atom stereocenters. The van der Waals surface area contributed by atoms with Gasteiger partial charge in [-0.2, -0.15) is 0 Å². The number of hydrogen-bond acceptors (Lipinski definition) is 2. The highest BCUT2D eigenvalue weighted by Crippen LogP contribution is 2.33. The Labute approximate surface area is 93.3 Å². The molecule has 1 N–H and O–H groups in total. The minimum absolute atomic E-state index is 0.0824. The third-order valence-corrected chi connectivity index (χ3v) is 2.39. The Morgan fingerprint density at radius 2 is 2.13 bits per heavy atom. The Balaban J connectivity index is 2.53. The van der Waals surface area contributed by atoms with Crippen LogP contribution in [-0.4, -0.2) is 24.9 Å². The zero-order valence-corrected chi connectivity index (χ0v) is 9.30. The molecule has 1 aliphatic rings. The Hall–Kier alpha value is -1.48. The van der Waals surface area contributed by atoms with Gasteiger partial charge in [0.1, 0.15) is 0 Å². The molecule has 1 aromatic rings. The van der Waals surface area contributed by atoms with Gasteiger partial charge in [-0.15, -0.1) is 0 Å². The van der Waals surface area contributed by atoms with Crippen molar-refractivity contribution in [1.82, 2.24) is 4.90 Å². The fraction of sp³-hybridized carbons (Fsp3) is 0.182. The largest absolute Gasteiger partial charge is 0.383 e. The molecule has 1 aliphatic heterocycles. The van der Waals surface area contributed by atoms with Gasteiger partial charge >= 0.3 is 0 Å². The highest BCUT2D eigenvalue weighted by molar-refractivity contribution is 6.34. The molecule has 0 saturated heterocycles. The van der Waals surface area contributed by atoms with Crippen LogP contribution >= 0.6 is 11.6 Å². The van der Waals surface area contributed by atoms with E-state index in [0.717, 1.165) is 11.3 Å². The molecule has 0 aromatic heterocycles. The summed E-state index contributed by atoms with van der Waals surface area (Å²) in [5, 5.41) is 3.42. The maximum Gasteiger partial charge on any atom is 0.257 e. The van der Waals surface area contributed by atoms with Gasteiger partial charge in [-0.3, -0.25) is 4.79 Å². The molecule has 0 bridgehead atoms. The first-order valence-corrected chi connectivity index (χ1v) is 4.95. The van der Waals surface area contributed by atoms with Gasteiger partial charge < -0.3 is 10.2 Å². The fourth-order valence-corrected chi connectivity index (χ4v) is 1.72. The number of rotatable bonds is 1. The number of anilines is 1. The van der Waals surface area contributed by atoms with Crippen LogP contribution in [-0.2, 0) is 4.79 Å². The predicted molar refractivity (Wildman–Crippen MR) is 61.7 cm³/mol. The molecule has 0 saturated carbocycles. The van der Waals surface area contributed by atoms with Crippen molar-refractivity contribution in [3.63, 3.8) is 0 Å². The van der Waals surface area contributed by atoms with Gasteiger partial charge in [-0.05, 0) is 18.2 Å². The minimum Gasteiger partial charge on any atom is -0.383 e. The quantitative estimate of drug-likeness (QED) is 0.739. The molecule has 4 heteroatoms. The zero-order chi connectivity index (χ0) is 11.0. The molecule has 0 atom stereocenters. The number of benzene rings is 1. The van der Waals surface area contributed by atoms with Crippen molar-refractivity contribution in [2.45, 2.75) is 0 Å². The van der Waals surface area contributed by atoms with E-state index in [1.807, 2.05) is 25.1 Å². The molecule has 1 amide bonds. The first kappa shape index (κ1) is 10.1. The molecule has 0 aliphatic carbocycles. The molecule has 0 fully saturated rings. The summed E-state index contributed by atoms with van der Waals surface area (Å²) in [4.78, 5) is 13.5. The number of fused-ring (bicyclic) bond motifs is 1. The van der Waals surface area contributed by atoms with E-state index >= 15 is 0 Å². The van der Waals surface area contributed by atoms with Gasteiger partial charge in [-0.25, -0.2) is 0 Å². The van der Waals surface area contributed by atoms with Crippen molar-refractivity contribution in [2.24, 2.45) is 0 Å². The Bertz CT molecular complexity index is 452. The Kier molecular flexibility index (Phi) is 2.40. The monoisotopic (exact) mass is 222 g/mol. The van der Waals surface area contributed by atoms with Gasteiger partial charge in [0.15, 0.2) is 0 Å². The molecule has 0 spiro atoms. The number of carbonyl (C=O) groups is 1. The van der Waals surface area contributed by atoms with Gasteiger partial charge in [0.05, 0.1) is 5.57 Å². The third-order valence-electron chi connectivity index (χ3n) is 2.15. The maximum absolute atomic E-state index is 11.6. The molecular weight excluding hydrogens is 212 g/mol. The van der Waals surface area contributed by atoms with Crippen molar-refractivity contribution >= 4 is 28.8 Å². The number of nitrogens with zero attached hydrogens (tertiary/aromatic N) is 1. The first-order valence-electron chi connectivity index (χ1n) is 4.57. The summed E-state index contributed by atoms with van der Waals surface area (Å²) < 4.78 is 0. The summed E-state index contributed by atoms with van der Waals surface area (Å²) in [5.41, 5.74) is 2.33. The van der Waals surface area contributed by atoms with E-state index in [0.29, 0.717) is 10.6 Å². The van der Waals surface area contributed by atoms with Crippen LogP contribution in [0.25, 0.3) is 5.57 Å². The summed E-state index contributed by atoms with van der Waals surface area (Å²) in [6, 6.07) is 5.37. The third kappa shape index (κ3) is 1.83. The lowest BCUT2D eigenvalue weighted by molar-refractivity contribution is -0.110. The number of carbonyl (C=O) groups excluding carboxylic acids is 1. The highest BCUT2D eigenvalue weighted by atomic mass is 35.5. The topological polar surface area (TPSA) is 32.3 Å². The van der Waals surface area contributed by atoms with Crippen LogP contribution in [0.5, 0.6) is 0 Å². The van der Waals surface area contributed by atoms with Crippen molar-refractivity contribution in [3.05, 3.63) is 35.0 Å². The smallest absolute Gasteiger partial charge is 0.257 e. The summed E-state index contributed by atoms with van der Waals surface area (Å²) in [7, 11) is 3.76. The van der Waals surface area contributed by atoms with Gasteiger partial charge in [0, 0.05) is 36.6 Å². The summed E-state index contributed by atoms with van der Waals surface area (Å²) >= 11 is 5.89. The van der Waals surface area contributed by atoms with E-state index in [-0.39, 0.29) is 5.91 Å². The van der Waals surface area contributed by atoms with Crippen LogP contribution in [0.15, 0.2) is 24.4 Å². The maximum atomic E-state index is 11.6. The first-order chi connectivity index (χ1) is 7.08. The van der Waals surface area contributed by atoms with Crippen molar-refractivity contribution in [2.75, 3.05) is 19.4 Å². The van der Waals surface area contributed by atoms with Crippen LogP contribution in [0.2, 0.25) is 5.02 Å². The van der Waals surface area contributed by atoms with E-state index in [1.165, 1.54) is 0 Å². The second kappa shape index (κ2) is 3.59. The number of amides is 1. The summed E-state index contributed by atoms with van der Waals surface area (Å²) in [5.74, 6) is -0.0824. The van der Waals surface area contributed by atoms with E-state index < -0.39 is 0 Å². The Morgan fingerprint density at radius 1 is 1.40 bits per heavy atom. The van der Waals surface area contributed by atoms with E-state index in [4.69, 9.17) is 11.6 Å². The molecule has 0 radical (unpaired) electrons. The number of nitrogens with one attached hydrogen (secondary N) is 1. The predicted octanol–water partition coefficient (Wildman–Crippen LogP) is 2.19. The molecule has 2 rings (SSSR count). The molecular formula is C11H11ClN2O. The van der Waals surface area contributed by atoms with Crippen LogP contribution < -0.4 is 5.32 Å². The van der Waals surface area contributed by atoms with Crippen LogP contribution in [0, 0.1) is 0 Å². The van der Waals surface area contributed by atoms with Gasteiger partial charge in [0.2, 0.25) is 0 Å². The Morgan fingerprint density at radius 3 is 2.80 bits per heavy atom. The minimum atomic E-state index is -0.0824. The van der Waals surface area contributed by atoms with Crippen molar-refractivity contribution in [3.8, 4) is 0 Å². The molecule has 78 valence electrons. The van der Waals surface area contributed by atoms with Gasteiger partial charge in [-0.1, -0.05) is 11.6 Å². The second-order valence-corrected chi connectivity index (χ2v) is 4.09. The number of halogens is 1. The molecule has 15 heavy (non-hydrogen) atoms. The fourth-order valence-electron chi connectivity index (χ4n) is 1.55. The highest BCUT2D eigenvalue weighted by Gasteiger charge is 2.24. The average Bonchev–Trinajstić information content (AvgIpc) is 2.43. The lowest BCUT2D eigenvalue weighted by Crippen LogP contribution is -2.08. The summed E-state index contributed by atoms with van der Waals surface area (Å²) in [6.07, 6.45) is 1.79. The lowest BCUT2D eigenvalue weighted by atomic mass is 10.1. The second-order valence-electron chi connectivity index (χ2n) is 3.65. The van der Waals surface area contributed by atoms with E-state index in [9.17, 15) is 4.79 Å². The van der Waals surface area contributed by atoms with Crippen molar-refractivity contribution < 1.29 is 4.79 Å². The summed E-state index contributed by atoms with van der Waals surface area (Å²) in [6.45, 7) is 0. The van der Waals surface area contributed by atoms with E-state index in [2.05, 4.69) is 5.32 Å². The molecule has 1 aromatic carbocycles. The lowest BCUT2D eigenvalue weighted by Gasteiger charge is -2.06. The van der Waals surface area contributed by atoms with Crippen LogP contribution in [0.3, 0.4) is 0 Å². The normalized spacial score (nSPS) is 16.5. The SMILES string of the molecule is CN(C)/C=C1/C(=O)Nc2ccc(Cl)cc21. The van der Waals surface area contributed by atoms with Crippen LogP contribution in [0.4, 0.5) is 5.69 Å². The molecule has 1 heterocycles. The van der Waals surface area contributed by atoms with E-state index in [1.54, 1.807) is 18.3 Å². The molecule has 3 nitrogen and oxygen atoms in total. The number of hydrogen-bond donors (Lipinski definition) is 1. The van der Waals surface area contributed by atoms with Crippen molar-refractivity contribution in [1.29, 1.82) is 0 Å². The average molecular weight is 223 g/mol. The van der Waals surface area contributed by atoms with Crippen LogP contribution in [0.1, 0.15) is 5.56 Å². The zero-order valence-electron chi connectivity index (χ0n) is 8.54. The standard InChI is InChI=1S/C11H11ClN2O/c1-14(2)6-9-8-5-7(12)3-4-10(8)13-11(9)15/h3-6H,1-2H3,(H,13,15)/b9-6+.